The molecular formula is C19H30F2IN3O3. The number of rotatable bonds is 10. The summed E-state index contributed by atoms with van der Waals surface area (Å²) in [6.07, 6.45) is 3.06. The van der Waals surface area contributed by atoms with Gasteiger partial charge in [0.15, 0.2) is 5.96 Å². The Morgan fingerprint density at radius 3 is 2.71 bits per heavy atom. The molecule has 1 aromatic carbocycles. The zero-order valence-electron chi connectivity index (χ0n) is 16.2. The largest absolute Gasteiger partial charge is 0.434 e. The lowest BCUT2D eigenvalue weighted by molar-refractivity contribution is -0.0504. The van der Waals surface area contributed by atoms with Crippen LogP contribution in [0.4, 0.5) is 8.78 Å². The number of nitrogens with zero attached hydrogens (tertiary/aromatic N) is 1. The molecule has 1 aliphatic rings. The number of guanidine groups is 1. The molecule has 6 nitrogen and oxygen atoms in total. The summed E-state index contributed by atoms with van der Waals surface area (Å²) < 4.78 is 40.7. The molecule has 0 bridgehead atoms. The first-order chi connectivity index (χ1) is 13.2. The molecule has 1 saturated heterocycles. The van der Waals surface area contributed by atoms with E-state index in [1.54, 1.807) is 18.2 Å². The van der Waals surface area contributed by atoms with Crippen molar-refractivity contribution >= 4 is 29.9 Å². The molecule has 1 fully saturated rings. The second-order valence-corrected chi connectivity index (χ2v) is 6.14. The molecule has 0 amide bonds. The van der Waals surface area contributed by atoms with Crippen molar-refractivity contribution in [2.24, 2.45) is 4.99 Å². The molecule has 2 N–H and O–H groups in total. The van der Waals surface area contributed by atoms with Gasteiger partial charge >= 0.3 is 6.61 Å². The van der Waals surface area contributed by atoms with Crippen LogP contribution >= 0.6 is 24.0 Å². The Bertz CT molecular complexity index is 573. The predicted octanol–water partition coefficient (Wildman–Crippen LogP) is 3.55. The van der Waals surface area contributed by atoms with Gasteiger partial charge in [-0.1, -0.05) is 18.2 Å². The summed E-state index contributed by atoms with van der Waals surface area (Å²) in [5.41, 5.74) is 0.609. The summed E-state index contributed by atoms with van der Waals surface area (Å²) in [5, 5.41) is 6.38. The molecule has 0 aromatic heterocycles. The summed E-state index contributed by atoms with van der Waals surface area (Å²) in [6.45, 7) is 3.02. The molecule has 28 heavy (non-hydrogen) atoms. The third-order valence-corrected chi connectivity index (χ3v) is 4.08. The number of aliphatic imine (C=N–C) groups is 1. The Balaban J connectivity index is 0.00000392. The number of para-hydroxylation sites is 1. The van der Waals surface area contributed by atoms with Crippen LogP contribution in [0, 0.1) is 0 Å². The fraction of sp³-hybridized carbons (Fsp3) is 0.632. The van der Waals surface area contributed by atoms with E-state index in [1.165, 1.54) is 6.07 Å². The number of ether oxygens (including phenoxy) is 3. The van der Waals surface area contributed by atoms with E-state index in [1.807, 2.05) is 6.92 Å². The molecule has 2 rings (SSSR count). The fourth-order valence-electron chi connectivity index (χ4n) is 2.72. The van der Waals surface area contributed by atoms with Gasteiger partial charge in [0, 0.05) is 38.5 Å². The van der Waals surface area contributed by atoms with Crippen molar-refractivity contribution in [3.63, 3.8) is 0 Å². The molecule has 0 unspecified atom stereocenters. The highest BCUT2D eigenvalue weighted by Crippen LogP contribution is 2.20. The van der Waals surface area contributed by atoms with Crippen LogP contribution in [0.2, 0.25) is 0 Å². The van der Waals surface area contributed by atoms with Gasteiger partial charge in [0.05, 0.1) is 12.6 Å². The molecule has 0 aliphatic carbocycles. The average molecular weight is 513 g/mol. The summed E-state index contributed by atoms with van der Waals surface area (Å²) in [5.74, 6) is 0.785. The van der Waals surface area contributed by atoms with Crippen LogP contribution in [0.5, 0.6) is 5.75 Å². The van der Waals surface area contributed by atoms with Gasteiger partial charge in [0.25, 0.3) is 0 Å². The van der Waals surface area contributed by atoms with Gasteiger partial charge in [0.1, 0.15) is 5.75 Å². The normalized spacial score (nSPS) is 15.2. The van der Waals surface area contributed by atoms with Gasteiger partial charge < -0.3 is 24.8 Å². The van der Waals surface area contributed by atoms with Crippen LogP contribution in [0.1, 0.15) is 31.7 Å². The van der Waals surface area contributed by atoms with Crippen molar-refractivity contribution in [2.75, 3.05) is 32.9 Å². The van der Waals surface area contributed by atoms with Crippen LogP contribution in [0.3, 0.4) is 0 Å². The van der Waals surface area contributed by atoms with Crippen LogP contribution in [-0.2, 0) is 16.0 Å². The zero-order chi connectivity index (χ0) is 19.3. The third-order valence-electron chi connectivity index (χ3n) is 4.08. The standard InChI is InChI=1S/C19H29F2N3O3.HI/c1-2-22-19(23-10-5-11-26-16-8-12-25-13-9-16)24-14-15-6-3-4-7-17(15)27-18(20)21;/h3-4,6-7,16,18H,2,5,8-14H2,1H3,(H2,22,23,24);1H. The predicted molar refractivity (Wildman–Crippen MR) is 116 cm³/mol. The van der Waals surface area contributed by atoms with E-state index in [4.69, 9.17) is 9.47 Å². The van der Waals surface area contributed by atoms with Gasteiger partial charge in [-0.3, -0.25) is 0 Å². The fourth-order valence-corrected chi connectivity index (χ4v) is 2.72. The molecule has 0 radical (unpaired) electrons. The Morgan fingerprint density at radius 1 is 1.25 bits per heavy atom. The lowest BCUT2D eigenvalue weighted by Crippen LogP contribution is -2.38. The third kappa shape index (κ3) is 9.83. The van der Waals surface area contributed by atoms with Gasteiger partial charge in [-0.25, -0.2) is 4.99 Å². The maximum atomic E-state index is 12.5. The van der Waals surface area contributed by atoms with E-state index in [9.17, 15) is 8.78 Å². The number of nitrogens with one attached hydrogen (secondary N) is 2. The lowest BCUT2D eigenvalue weighted by atomic mass is 10.1. The second kappa shape index (κ2) is 14.7. The Hall–Kier alpha value is -1.20. The number of hydrogen-bond donors (Lipinski definition) is 2. The Labute approximate surface area is 182 Å². The summed E-state index contributed by atoms with van der Waals surface area (Å²) in [4.78, 5) is 4.45. The Kier molecular flexibility index (Phi) is 13.1. The van der Waals surface area contributed by atoms with Crippen LogP contribution in [-0.4, -0.2) is 51.6 Å². The van der Waals surface area contributed by atoms with Crippen molar-refractivity contribution < 1.29 is 23.0 Å². The van der Waals surface area contributed by atoms with E-state index < -0.39 is 6.61 Å². The van der Waals surface area contributed by atoms with Gasteiger partial charge in [-0.15, -0.1) is 24.0 Å². The minimum Gasteiger partial charge on any atom is -0.434 e. The Morgan fingerprint density at radius 2 is 2.00 bits per heavy atom. The zero-order valence-corrected chi connectivity index (χ0v) is 18.5. The topological polar surface area (TPSA) is 64.1 Å². The van der Waals surface area contributed by atoms with E-state index in [2.05, 4.69) is 20.4 Å². The van der Waals surface area contributed by atoms with E-state index in [-0.39, 0.29) is 36.3 Å². The SMILES string of the molecule is CCNC(=NCc1ccccc1OC(F)F)NCCCOC1CCOCC1.I. The van der Waals surface area contributed by atoms with Crippen LogP contribution in [0.15, 0.2) is 29.3 Å². The van der Waals surface area contributed by atoms with Crippen molar-refractivity contribution in [2.45, 2.75) is 45.4 Å². The van der Waals surface area contributed by atoms with Crippen LogP contribution in [0.25, 0.3) is 0 Å². The smallest absolute Gasteiger partial charge is 0.387 e. The molecule has 9 heteroatoms. The first-order valence-electron chi connectivity index (χ1n) is 9.43. The molecule has 0 saturated carbocycles. The number of alkyl halides is 2. The number of hydrogen-bond acceptors (Lipinski definition) is 4. The summed E-state index contributed by atoms with van der Waals surface area (Å²) in [7, 11) is 0. The highest BCUT2D eigenvalue weighted by molar-refractivity contribution is 14.0. The first-order valence-corrected chi connectivity index (χ1v) is 9.43. The minimum absolute atomic E-state index is 0. The van der Waals surface area contributed by atoms with Crippen molar-refractivity contribution in [3.8, 4) is 5.75 Å². The number of halogens is 3. The summed E-state index contributed by atoms with van der Waals surface area (Å²) >= 11 is 0. The second-order valence-electron chi connectivity index (χ2n) is 6.14. The monoisotopic (exact) mass is 513 g/mol. The molecule has 1 heterocycles. The van der Waals surface area contributed by atoms with Gasteiger partial charge in [0.2, 0.25) is 0 Å². The van der Waals surface area contributed by atoms with Crippen molar-refractivity contribution in [1.29, 1.82) is 0 Å². The molecule has 160 valence electrons. The van der Waals surface area contributed by atoms with Crippen molar-refractivity contribution in [1.82, 2.24) is 10.6 Å². The van der Waals surface area contributed by atoms with Gasteiger partial charge in [-0.05, 0) is 32.3 Å². The maximum absolute atomic E-state index is 12.5. The molecule has 0 atom stereocenters. The number of benzene rings is 1. The van der Waals surface area contributed by atoms with Crippen molar-refractivity contribution in [3.05, 3.63) is 29.8 Å². The highest BCUT2D eigenvalue weighted by atomic mass is 127. The molecular weight excluding hydrogens is 483 g/mol. The lowest BCUT2D eigenvalue weighted by Gasteiger charge is -2.22. The van der Waals surface area contributed by atoms with Crippen LogP contribution < -0.4 is 15.4 Å². The molecule has 1 aliphatic heterocycles. The molecule has 0 spiro atoms. The highest BCUT2D eigenvalue weighted by Gasteiger charge is 2.13. The minimum atomic E-state index is -2.85. The molecule has 1 aromatic rings. The average Bonchev–Trinajstić information content (AvgIpc) is 2.67. The van der Waals surface area contributed by atoms with E-state index >= 15 is 0 Å². The quantitative estimate of drug-likeness (QED) is 0.217. The van der Waals surface area contributed by atoms with Gasteiger partial charge in [-0.2, -0.15) is 8.78 Å². The summed E-state index contributed by atoms with van der Waals surface area (Å²) in [6, 6.07) is 6.68. The van der Waals surface area contributed by atoms with E-state index in [0.717, 1.165) is 32.5 Å². The first kappa shape index (κ1) is 24.8. The van der Waals surface area contributed by atoms with E-state index in [0.29, 0.717) is 37.3 Å². The maximum Gasteiger partial charge on any atom is 0.387 e.